The molecule has 1 rings (SSSR count). The smallest absolute Gasteiger partial charge is 0.135 e. The van der Waals surface area contributed by atoms with Gasteiger partial charge in [0.2, 0.25) is 0 Å². The Morgan fingerprint density at radius 3 is 2.62 bits per heavy atom. The summed E-state index contributed by atoms with van der Waals surface area (Å²) in [7, 11) is 0. The van der Waals surface area contributed by atoms with Crippen LogP contribution in [0.1, 0.15) is 38.2 Å². The Hall–Kier alpha value is -1.15. The first-order valence-electron chi connectivity index (χ1n) is 5.96. The highest BCUT2D eigenvalue weighted by Crippen LogP contribution is 2.07. The number of hydrogen-bond acceptors (Lipinski definition) is 2. The summed E-state index contributed by atoms with van der Waals surface area (Å²) in [5, 5.41) is 9.50. The summed E-state index contributed by atoms with van der Waals surface area (Å²) in [6.45, 7) is 2.01. The van der Waals surface area contributed by atoms with Gasteiger partial charge in [-0.3, -0.25) is 4.79 Å². The third kappa shape index (κ3) is 5.08. The van der Waals surface area contributed by atoms with Crippen LogP contribution in [0.5, 0.6) is 0 Å². The largest absolute Gasteiger partial charge is 0.393 e. The molecule has 88 valence electrons. The molecule has 0 heterocycles. The van der Waals surface area contributed by atoms with Crippen LogP contribution in [0.15, 0.2) is 30.3 Å². The van der Waals surface area contributed by atoms with Gasteiger partial charge < -0.3 is 5.11 Å². The quantitative estimate of drug-likeness (QED) is 0.767. The molecule has 0 saturated carbocycles. The molecule has 1 unspecified atom stereocenters. The van der Waals surface area contributed by atoms with Crippen LogP contribution in [0, 0.1) is 0 Å². The fraction of sp³-hybridized carbons (Fsp3) is 0.500. The topological polar surface area (TPSA) is 37.3 Å². The number of ketones is 1. The minimum atomic E-state index is -0.451. The van der Waals surface area contributed by atoms with Crippen molar-refractivity contribution in [2.45, 2.75) is 45.1 Å². The molecule has 0 bridgehead atoms. The molecule has 2 nitrogen and oxygen atoms in total. The summed E-state index contributed by atoms with van der Waals surface area (Å²) in [5.41, 5.74) is 1.18. The second-order valence-corrected chi connectivity index (χ2v) is 4.17. The van der Waals surface area contributed by atoms with Gasteiger partial charge in [0.15, 0.2) is 0 Å². The van der Waals surface area contributed by atoms with E-state index in [2.05, 4.69) is 0 Å². The number of aliphatic hydroxyl groups is 1. The number of carbonyl (C=O) groups is 1. The van der Waals surface area contributed by atoms with Gasteiger partial charge in [0.25, 0.3) is 0 Å². The van der Waals surface area contributed by atoms with E-state index in [-0.39, 0.29) is 5.78 Å². The lowest BCUT2D eigenvalue weighted by atomic mass is 10.0. The predicted molar refractivity (Wildman–Crippen MR) is 65.3 cm³/mol. The van der Waals surface area contributed by atoms with E-state index in [0.717, 1.165) is 19.3 Å². The summed E-state index contributed by atoms with van der Waals surface area (Å²) >= 11 is 0. The van der Waals surface area contributed by atoms with Crippen molar-refractivity contribution in [1.82, 2.24) is 0 Å². The molecule has 0 fully saturated rings. The summed E-state index contributed by atoms with van der Waals surface area (Å²) < 4.78 is 0. The molecule has 0 aliphatic carbocycles. The number of benzene rings is 1. The van der Waals surface area contributed by atoms with Gasteiger partial charge in [-0.05, 0) is 18.4 Å². The number of Topliss-reactive ketones (excluding diaryl/α,β-unsaturated/α-hetero) is 1. The lowest BCUT2D eigenvalue weighted by Gasteiger charge is -2.07. The molecular weight excluding hydrogens is 200 g/mol. The Labute approximate surface area is 97.3 Å². The van der Waals surface area contributed by atoms with E-state index in [9.17, 15) is 9.90 Å². The standard InChI is InChI=1S/C14H20O2/c1-2-6-13(15)11-14(16)10-9-12-7-4-3-5-8-12/h3-5,7-8,13,15H,2,6,9-11H2,1H3. The maximum atomic E-state index is 11.5. The SMILES string of the molecule is CCCC(O)CC(=O)CCc1ccccc1. The van der Waals surface area contributed by atoms with Gasteiger partial charge in [-0.2, -0.15) is 0 Å². The zero-order valence-corrected chi connectivity index (χ0v) is 9.86. The molecule has 0 aromatic heterocycles. The highest BCUT2D eigenvalue weighted by Gasteiger charge is 2.09. The van der Waals surface area contributed by atoms with Crippen molar-refractivity contribution >= 4 is 5.78 Å². The van der Waals surface area contributed by atoms with Gasteiger partial charge in [-0.25, -0.2) is 0 Å². The van der Waals surface area contributed by atoms with Crippen molar-refractivity contribution in [3.05, 3.63) is 35.9 Å². The molecule has 0 aliphatic rings. The van der Waals surface area contributed by atoms with Crippen molar-refractivity contribution in [2.24, 2.45) is 0 Å². The molecule has 0 amide bonds. The van der Waals surface area contributed by atoms with Crippen molar-refractivity contribution in [3.8, 4) is 0 Å². The van der Waals surface area contributed by atoms with Crippen LogP contribution in [-0.4, -0.2) is 17.0 Å². The average Bonchev–Trinajstić information content (AvgIpc) is 2.28. The second-order valence-electron chi connectivity index (χ2n) is 4.17. The van der Waals surface area contributed by atoms with Crippen LogP contribution < -0.4 is 0 Å². The highest BCUT2D eigenvalue weighted by molar-refractivity contribution is 5.79. The first kappa shape index (κ1) is 12.9. The lowest BCUT2D eigenvalue weighted by Crippen LogP contribution is -2.13. The molecule has 1 N–H and O–H groups in total. The maximum absolute atomic E-state index is 11.5. The third-order valence-electron chi connectivity index (χ3n) is 2.62. The zero-order chi connectivity index (χ0) is 11.8. The number of aryl methyl sites for hydroxylation is 1. The molecule has 1 aromatic carbocycles. The Morgan fingerprint density at radius 2 is 2.00 bits per heavy atom. The zero-order valence-electron chi connectivity index (χ0n) is 9.86. The van der Waals surface area contributed by atoms with Crippen LogP contribution in [-0.2, 0) is 11.2 Å². The molecule has 0 radical (unpaired) electrons. The van der Waals surface area contributed by atoms with Crippen LogP contribution in [0.2, 0.25) is 0 Å². The molecular formula is C14H20O2. The molecule has 2 heteroatoms. The molecule has 0 saturated heterocycles. The fourth-order valence-electron chi connectivity index (χ4n) is 1.73. The van der Waals surface area contributed by atoms with E-state index in [1.54, 1.807) is 0 Å². The van der Waals surface area contributed by atoms with E-state index in [4.69, 9.17) is 0 Å². The van der Waals surface area contributed by atoms with Crippen LogP contribution in [0.3, 0.4) is 0 Å². The van der Waals surface area contributed by atoms with Crippen molar-refractivity contribution in [1.29, 1.82) is 0 Å². The van der Waals surface area contributed by atoms with Gasteiger partial charge in [-0.1, -0.05) is 43.7 Å². The van der Waals surface area contributed by atoms with Crippen LogP contribution >= 0.6 is 0 Å². The van der Waals surface area contributed by atoms with Crippen LogP contribution in [0.25, 0.3) is 0 Å². The Kier molecular flexibility index (Phi) is 5.79. The molecule has 1 aromatic rings. The Balaban J connectivity index is 2.25. The van der Waals surface area contributed by atoms with Gasteiger partial charge >= 0.3 is 0 Å². The number of aliphatic hydroxyl groups excluding tert-OH is 1. The number of carbonyl (C=O) groups excluding carboxylic acids is 1. The average molecular weight is 220 g/mol. The molecule has 1 atom stereocenters. The van der Waals surface area contributed by atoms with E-state index in [0.29, 0.717) is 12.8 Å². The summed E-state index contributed by atoms with van der Waals surface area (Å²) in [6, 6.07) is 9.97. The minimum Gasteiger partial charge on any atom is -0.393 e. The van der Waals surface area contributed by atoms with Crippen molar-refractivity contribution < 1.29 is 9.90 Å². The number of hydrogen-bond donors (Lipinski definition) is 1. The minimum absolute atomic E-state index is 0.157. The van der Waals surface area contributed by atoms with Gasteiger partial charge in [0.05, 0.1) is 6.10 Å². The van der Waals surface area contributed by atoms with E-state index < -0.39 is 6.10 Å². The monoisotopic (exact) mass is 220 g/mol. The summed E-state index contributed by atoms with van der Waals surface area (Å²) in [5.74, 6) is 0.157. The molecule has 0 aliphatic heterocycles. The van der Waals surface area contributed by atoms with Crippen molar-refractivity contribution in [2.75, 3.05) is 0 Å². The summed E-state index contributed by atoms with van der Waals surface area (Å²) in [4.78, 5) is 11.5. The second kappa shape index (κ2) is 7.18. The predicted octanol–water partition coefficient (Wildman–Crippen LogP) is 2.74. The van der Waals surface area contributed by atoms with Crippen molar-refractivity contribution in [3.63, 3.8) is 0 Å². The molecule has 0 spiro atoms. The lowest BCUT2D eigenvalue weighted by molar-refractivity contribution is -0.121. The van der Waals surface area contributed by atoms with Gasteiger partial charge in [-0.15, -0.1) is 0 Å². The van der Waals surface area contributed by atoms with Crippen LogP contribution in [0.4, 0.5) is 0 Å². The number of rotatable bonds is 7. The van der Waals surface area contributed by atoms with E-state index >= 15 is 0 Å². The normalized spacial score (nSPS) is 12.4. The highest BCUT2D eigenvalue weighted by atomic mass is 16.3. The third-order valence-corrected chi connectivity index (χ3v) is 2.62. The maximum Gasteiger partial charge on any atom is 0.135 e. The van der Waals surface area contributed by atoms with E-state index in [1.165, 1.54) is 5.56 Å². The first-order valence-corrected chi connectivity index (χ1v) is 5.96. The fourth-order valence-corrected chi connectivity index (χ4v) is 1.73. The Bertz CT molecular complexity index is 306. The Morgan fingerprint density at radius 1 is 1.31 bits per heavy atom. The van der Waals surface area contributed by atoms with Gasteiger partial charge in [0.1, 0.15) is 5.78 Å². The van der Waals surface area contributed by atoms with E-state index in [1.807, 2.05) is 37.3 Å². The first-order chi connectivity index (χ1) is 7.72. The van der Waals surface area contributed by atoms with Gasteiger partial charge in [0, 0.05) is 12.8 Å². The summed E-state index contributed by atoms with van der Waals surface area (Å²) in [6.07, 6.45) is 2.81. The molecule has 16 heavy (non-hydrogen) atoms.